The number of anilines is 1. The highest BCUT2D eigenvalue weighted by atomic mass is 32.2. The average molecular weight is 385 g/mol. The van der Waals surface area contributed by atoms with E-state index in [2.05, 4.69) is 5.32 Å². The Kier molecular flexibility index (Phi) is 6.30. The van der Waals surface area contributed by atoms with Gasteiger partial charge in [0.2, 0.25) is 17.7 Å². The number of rotatable bonds is 5. The first-order valence-electron chi connectivity index (χ1n) is 7.95. The standard InChI is InChI=1S/C16H20FN3O5S/c1-12(21)19-6-8-20(9-7-19)16(23)11-26(24,25)10-15(22)18-14-4-2-13(17)3-5-14/h2-5H,6-11H2,1H3,(H,18,22). The van der Waals surface area contributed by atoms with E-state index in [-0.39, 0.29) is 24.7 Å². The van der Waals surface area contributed by atoms with Crippen LogP contribution in [0.5, 0.6) is 0 Å². The van der Waals surface area contributed by atoms with Crippen molar-refractivity contribution >= 4 is 33.2 Å². The normalized spacial score (nSPS) is 14.8. The maximum absolute atomic E-state index is 12.8. The van der Waals surface area contributed by atoms with Crippen molar-refractivity contribution < 1.29 is 27.2 Å². The van der Waals surface area contributed by atoms with Crippen molar-refractivity contribution in [1.29, 1.82) is 0 Å². The molecular weight excluding hydrogens is 365 g/mol. The molecule has 1 aliphatic heterocycles. The van der Waals surface area contributed by atoms with Crippen molar-refractivity contribution in [2.75, 3.05) is 43.0 Å². The molecule has 1 N–H and O–H groups in total. The monoisotopic (exact) mass is 385 g/mol. The fourth-order valence-corrected chi connectivity index (χ4v) is 3.66. The smallest absolute Gasteiger partial charge is 0.239 e. The summed E-state index contributed by atoms with van der Waals surface area (Å²) < 4.78 is 37.0. The summed E-state index contributed by atoms with van der Waals surface area (Å²) in [5.41, 5.74) is 0.262. The van der Waals surface area contributed by atoms with E-state index in [1.54, 1.807) is 4.90 Å². The van der Waals surface area contributed by atoms with Gasteiger partial charge in [-0.2, -0.15) is 0 Å². The summed E-state index contributed by atoms with van der Waals surface area (Å²) in [6.07, 6.45) is 0. The topological polar surface area (TPSA) is 104 Å². The van der Waals surface area contributed by atoms with Crippen LogP contribution in [0, 0.1) is 5.82 Å². The van der Waals surface area contributed by atoms with Crippen molar-refractivity contribution in [3.63, 3.8) is 0 Å². The molecule has 0 saturated carbocycles. The summed E-state index contributed by atoms with van der Waals surface area (Å²) in [4.78, 5) is 38.2. The van der Waals surface area contributed by atoms with E-state index in [9.17, 15) is 27.2 Å². The molecule has 0 spiro atoms. The number of carbonyl (C=O) groups excluding carboxylic acids is 3. The fourth-order valence-electron chi connectivity index (χ4n) is 2.53. The van der Waals surface area contributed by atoms with Crippen LogP contribution in [0.3, 0.4) is 0 Å². The molecule has 1 aliphatic rings. The van der Waals surface area contributed by atoms with Gasteiger partial charge in [-0.1, -0.05) is 0 Å². The SMILES string of the molecule is CC(=O)N1CCN(C(=O)CS(=O)(=O)CC(=O)Nc2ccc(F)cc2)CC1. The fraction of sp³-hybridized carbons (Fsp3) is 0.438. The van der Waals surface area contributed by atoms with Gasteiger partial charge in [-0.15, -0.1) is 0 Å². The van der Waals surface area contributed by atoms with Gasteiger partial charge in [0, 0.05) is 38.8 Å². The third-order valence-electron chi connectivity index (χ3n) is 3.90. The maximum atomic E-state index is 12.8. The number of carbonyl (C=O) groups is 3. The minimum absolute atomic E-state index is 0.0952. The highest BCUT2D eigenvalue weighted by Gasteiger charge is 2.27. The van der Waals surface area contributed by atoms with E-state index in [1.165, 1.54) is 24.0 Å². The van der Waals surface area contributed by atoms with E-state index in [1.807, 2.05) is 0 Å². The molecule has 1 aromatic rings. The second-order valence-electron chi connectivity index (χ2n) is 5.97. The lowest BCUT2D eigenvalue weighted by Gasteiger charge is -2.34. The van der Waals surface area contributed by atoms with Crippen LogP contribution in [0.4, 0.5) is 10.1 Å². The second-order valence-corrected chi connectivity index (χ2v) is 8.04. The molecule has 0 aromatic heterocycles. The van der Waals surface area contributed by atoms with Crippen LogP contribution in [0.15, 0.2) is 24.3 Å². The predicted octanol–water partition coefficient (Wildman–Crippen LogP) is -0.130. The van der Waals surface area contributed by atoms with Gasteiger partial charge in [-0.05, 0) is 24.3 Å². The summed E-state index contributed by atoms with van der Waals surface area (Å²) in [6, 6.07) is 4.88. The quantitative estimate of drug-likeness (QED) is 0.760. The molecule has 1 fully saturated rings. The van der Waals surface area contributed by atoms with E-state index in [0.29, 0.717) is 13.1 Å². The van der Waals surface area contributed by atoms with Crippen molar-refractivity contribution in [2.45, 2.75) is 6.92 Å². The Morgan fingerprint density at radius 2 is 1.54 bits per heavy atom. The summed E-state index contributed by atoms with van der Waals surface area (Å²) in [5, 5.41) is 2.34. The average Bonchev–Trinajstić information content (AvgIpc) is 2.56. The van der Waals surface area contributed by atoms with E-state index < -0.39 is 39.0 Å². The molecule has 1 saturated heterocycles. The first kappa shape index (κ1) is 19.8. The maximum Gasteiger partial charge on any atom is 0.239 e. The Bertz CT molecular complexity index is 787. The molecule has 10 heteroatoms. The number of halogens is 1. The van der Waals surface area contributed by atoms with Gasteiger partial charge in [0.25, 0.3) is 0 Å². The number of benzene rings is 1. The van der Waals surface area contributed by atoms with Crippen molar-refractivity contribution in [2.24, 2.45) is 0 Å². The Labute approximate surface area is 150 Å². The summed E-state index contributed by atoms with van der Waals surface area (Å²) in [6.45, 7) is 2.66. The van der Waals surface area contributed by atoms with Crippen LogP contribution in [0.25, 0.3) is 0 Å². The molecule has 0 atom stereocenters. The molecule has 2 rings (SSSR count). The zero-order valence-electron chi connectivity index (χ0n) is 14.3. The van der Waals surface area contributed by atoms with Crippen molar-refractivity contribution in [3.05, 3.63) is 30.1 Å². The summed E-state index contributed by atoms with van der Waals surface area (Å²) in [7, 11) is -3.95. The highest BCUT2D eigenvalue weighted by molar-refractivity contribution is 7.92. The zero-order valence-corrected chi connectivity index (χ0v) is 15.1. The number of amides is 3. The Balaban J connectivity index is 1.85. The highest BCUT2D eigenvalue weighted by Crippen LogP contribution is 2.09. The lowest BCUT2D eigenvalue weighted by atomic mass is 10.3. The molecule has 8 nitrogen and oxygen atoms in total. The molecule has 1 heterocycles. The van der Waals surface area contributed by atoms with Crippen LogP contribution in [0.1, 0.15) is 6.92 Å². The number of sulfone groups is 1. The molecule has 1 aromatic carbocycles. The van der Waals surface area contributed by atoms with Crippen LogP contribution >= 0.6 is 0 Å². The van der Waals surface area contributed by atoms with Crippen molar-refractivity contribution in [3.8, 4) is 0 Å². The van der Waals surface area contributed by atoms with Crippen LogP contribution < -0.4 is 5.32 Å². The minimum Gasteiger partial charge on any atom is -0.339 e. The van der Waals surface area contributed by atoms with Gasteiger partial charge in [0.05, 0.1) is 0 Å². The van der Waals surface area contributed by atoms with Crippen LogP contribution in [-0.2, 0) is 24.2 Å². The second kappa shape index (κ2) is 8.26. The van der Waals surface area contributed by atoms with Gasteiger partial charge in [0.1, 0.15) is 17.3 Å². The lowest BCUT2D eigenvalue weighted by Crippen LogP contribution is -2.51. The number of hydrogen-bond acceptors (Lipinski definition) is 5. The lowest BCUT2D eigenvalue weighted by molar-refractivity contribution is -0.136. The van der Waals surface area contributed by atoms with Crippen LogP contribution in [-0.4, -0.2) is 73.6 Å². The summed E-state index contributed by atoms with van der Waals surface area (Å²) >= 11 is 0. The van der Waals surface area contributed by atoms with E-state index in [4.69, 9.17) is 0 Å². The molecule has 0 bridgehead atoms. The van der Waals surface area contributed by atoms with Gasteiger partial charge < -0.3 is 15.1 Å². The predicted molar refractivity (Wildman–Crippen MR) is 92.5 cm³/mol. The van der Waals surface area contributed by atoms with Crippen molar-refractivity contribution in [1.82, 2.24) is 9.80 Å². The molecular formula is C16H20FN3O5S. The first-order valence-corrected chi connectivity index (χ1v) is 9.77. The van der Waals surface area contributed by atoms with Gasteiger partial charge in [-0.3, -0.25) is 14.4 Å². The molecule has 0 unspecified atom stereocenters. The summed E-state index contributed by atoms with van der Waals surface area (Å²) in [5.74, 6) is -3.59. The van der Waals surface area contributed by atoms with Gasteiger partial charge >= 0.3 is 0 Å². The minimum atomic E-state index is -3.95. The Hall–Kier alpha value is -2.49. The molecule has 0 aliphatic carbocycles. The number of piperazine rings is 1. The molecule has 0 radical (unpaired) electrons. The molecule has 26 heavy (non-hydrogen) atoms. The Morgan fingerprint density at radius 3 is 2.08 bits per heavy atom. The van der Waals surface area contributed by atoms with Crippen LogP contribution in [0.2, 0.25) is 0 Å². The number of hydrogen-bond donors (Lipinski definition) is 1. The van der Waals surface area contributed by atoms with Gasteiger partial charge in [-0.25, -0.2) is 12.8 Å². The third-order valence-corrected chi connectivity index (χ3v) is 5.29. The zero-order chi connectivity index (χ0) is 19.3. The third kappa shape index (κ3) is 5.80. The first-order chi connectivity index (χ1) is 12.2. The number of nitrogens with one attached hydrogen (secondary N) is 1. The van der Waals surface area contributed by atoms with Gasteiger partial charge in [0.15, 0.2) is 9.84 Å². The van der Waals surface area contributed by atoms with E-state index >= 15 is 0 Å². The molecule has 142 valence electrons. The Morgan fingerprint density at radius 1 is 1.00 bits per heavy atom. The molecule has 3 amide bonds. The largest absolute Gasteiger partial charge is 0.339 e. The number of nitrogens with zero attached hydrogens (tertiary/aromatic N) is 2. The van der Waals surface area contributed by atoms with E-state index in [0.717, 1.165) is 12.1 Å².